The van der Waals surface area contributed by atoms with Crippen LogP contribution in [0.4, 0.5) is 0 Å². The highest BCUT2D eigenvalue weighted by Crippen LogP contribution is 2.31. The molecule has 0 unspecified atom stereocenters. The number of carbonyl (C=O) groups is 1. The van der Waals surface area contributed by atoms with Crippen LogP contribution >= 0.6 is 0 Å². The molecule has 3 nitrogen and oxygen atoms in total. The number of rotatable bonds is 17. The molecule has 0 amide bonds. The van der Waals surface area contributed by atoms with Gasteiger partial charge in [-0.05, 0) is 37.6 Å². The summed E-state index contributed by atoms with van der Waals surface area (Å²) in [5.41, 5.74) is 5.77. The maximum absolute atomic E-state index is 10.4. The normalized spacial score (nSPS) is 20.3. The number of aliphatic carboxylic acids is 1. The first-order valence-corrected chi connectivity index (χ1v) is 11.6. The van der Waals surface area contributed by atoms with E-state index in [4.69, 9.17) is 10.8 Å². The minimum absolute atomic E-state index is 0.343. The lowest BCUT2D eigenvalue weighted by atomic mass is 9.80. The Morgan fingerprint density at radius 2 is 1.04 bits per heavy atom. The summed E-state index contributed by atoms with van der Waals surface area (Å²) in [6.45, 7) is 0.902. The van der Waals surface area contributed by atoms with Gasteiger partial charge in [0.05, 0.1) is 0 Å². The minimum atomic E-state index is -0.653. The van der Waals surface area contributed by atoms with E-state index in [1.54, 1.807) is 0 Å². The highest BCUT2D eigenvalue weighted by molar-refractivity contribution is 5.66. The molecule has 1 aliphatic rings. The highest BCUT2D eigenvalue weighted by atomic mass is 16.4. The Bertz CT molecular complexity index is 324. The molecule has 0 bridgehead atoms. The zero-order valence-electron chi connectivity index (χ0n) is 17.2. The summed E-state index contributed by atoms with van der Waals surface area (Å²) >= 11 is 0. The second-order valence-corrected chi connectivity index (χ2v) is 8.65. The van der Waals surface area contributed by atoms with Crippen LogP contribution in [0.15, 0.2) is 0 Å². The molecular formula is C23H45NO2. The van der Waals surface area contributed by atoms with Crippen LogP contribution in [0.25, 0.3) is 0 Å². The molecule has 0 atom stereocenters. The van der Waals surface area contributed by atoms with E-state index in [1.165, 1.54) is 103 Å². The molecule has 3 heteroatoms. The SMILES string of the molecule is NCC1CCC(CCCCCCCCCCCCCCCC(=O)O)CC1. The Morgan fingerprint density at radius 3 is 1.46 bits per heavy atom. The molecule has 0 spiro atoms. The van der Waals surface area contributed by atoms with Gasteiger partial charge in [-0.3, -0.25) is 4.79 Å². The summed E-state index contributed by atoms with van der Waals surface area (Å²) < 4.78 is 0. The van der Waals surface area contributed by atoms with E-state index in [0.29, 0.717) is 6.42 Å². The van der Waals surface area contributed by atoms with Crippen LogP contribution in [-0.4, -0.2) is 17.6 Å². The van der Waals surface area contributed by atoms with Crippen molar-refractivity contribution in [2.45, 2.75) is 122 Å². The number of hydrogen-bond donors (Lipinski definition) is 2. The Labute approximate surface area is 162 Å². The molecule has 0 aromatic rings. The number of carboxylic acids is 1. The van der Waals surface area contributed by atoms with Crippen LogP contribution < -0.4 is 5.73 Å². The number of carboxylic acid groups (broad SMARTS) is 1. The lowest BCUT2D eigenvalue weighted by molar-refractivity contribution is -0.137. The van der Waals surface area contributed by atoms with Crippen molar-refractivity contribution in [3.8, 4) is 0 Å². The average molecular weight is 368 g/mol. The van der Waals surface area contributed by atoms with Crippen LogP contribution in [0.3, 0.4) is 0 Å². The summed E-state index contributed by atoms with van der Waals surface area (Å²) in [4.78, 5) is 10.4. The van der Waals surface area contributed by atoms with Crippen LogP contribution in [0, 0.1) is 11.8 Å². The van der Waals surface area contributed by atoms with Crippen molar-refractivity contribution in [3.05, 3.63) is 0 Å². The van der Waals surface area contributed by atoms with E-state index >= 15 is 0 Å². The molecular weight excluding hydrogens is 322 g/mol. The van der Waals surface area contributed by atoms with Crippen LogP contribution in [0.2, 0.25) is 0 Å². The van der Waals surface area contributed by atoms with Crippen LogP contribution in [0.5, 0.6) is 0 Å². The fourth-order valence-electron chi connectivity index (χ4n) is 4.41. The van der Waals surface area contributed by atoms with Gasteiger partial charge in [-0.1, -0.05) is 96.3 Å². The van der Waals surface area contributed by atoms with Gasteiger partial charge in [0.2, 0.25) is 0 Å². The fraction of sp³-hybridized carbons (Fsp3) is 0.957. The Balaban J connectivity index is 1.72. The number of unbranched alkanes of at least 4 members (excludes halogenated alkanes) is 12. The maximum Gasteiger partial charge on any atom is 0.303 e. The van der Waals surface area contributed by atoms with Crippen LogP contribution in [-0.2, 0) is 4.79 Å². The van der Waals surface area contributed by atoms with Gasteiger partial charge in [-0.25, -0.2) is 0 Å². The number of nitrogens with two attached hydrogens (primary N) is 1. The van der Waals surface area contributed by atoms with E-state index in [-0.39, 0.29) is 0 Å². The minimum Gasteiger partial charge on any atom is -0.481 e. The molecule has 3 N–H and O–H groups in total. The van der Waals surface area contributed by atoms with Crippen molar-refractivity contribution in [2.75, 3.05) is 6.54 Å². The van der Waals surface area contributed by atoms with E-state index in [0.717, 1.165) is 31.2 Å². The smallest absolute Gasteiger partial charge is 0.303 e. The molecule has 1 rings (SSSR count). The second kappa shape index (κ2) is 16.6. The Morgan fingerprint density at radius 1 is 0.654 bits per heavy atom. The predicted octanol–water partition coefficient (Wildman–Crippen LogP) is 6.69. The van der Waals surface area contributed by atoms with E-state index in [1.807, 2.05) is 0 Å². The maximum atomic E-state index is 10.4. The molecule has 1 fully saturated rings. The fourth-order valence-corrected chi connectivity index (χ4v) is 4.41. The lowest BCUT2D eigenvalue weighted by Gasteiger charge is -2.27. The summed E-state index contributed by atoms with van der Waals surface area (Å²) in [5.74, 6) is 1.17. The Kier molecular flexibility index (Phi) is 15.0. The quantitative estimate of drug-likeness (QED) is 0.282. The lowest BCUT2D eigenvalue weighted by Crippen LogP contribution is -2.21. The highest BCUT2D eigenvalue weighted by Gasteiger charge is 2.19. The molecule has 0 aromatic heterocycles. The molecule has 0 aromatic carbocycles. The van der Waals surface area contributed by atoms with Crippen molar-refractivity contribution >= 4 is 5.97 Å². The zero-order chi connectivity index (χ0) is 18.9. The third kappa shape index (κ3) is 13.6. The van der Waals surface area contributed by atoms with Gasteiger partial charge in [0.25, 0.3) is 0 Å². The number of hydrogen-bond acceptors (Lipinski definition) is 2. The van der Waals surface area contributed by atoms with Crippen molar-refractivity contribution in [1.29, 1.82) is 0 Å². The predicted molar refractivity (Wildman–Crippen MR) is 111 cm³/mol. The van der Waals surface area contributed by atoms with Crippen molar-refractivity contribution < 1.29 is 9.90 Å². The Hall–Kier alpha value is -0.570. The van der Waals surface area contributed by atoms with Gasteiger partial charge in [-0.2, -0.15) is 0 Å². The largest absolute Gasteiger partial charge is 0.481 e. The van der Waals surface area contributed by atoms with Crippen molar-refractivity contribution in [3.63, 3.8) is 0 Å². The molecule has 0 radical (unpaired) electrons. The van der Waals surface area contributed by atoms with Gasteiger partial charge < -0.3 is 10.8 Å². The molecule has 154 valence electrons. The van der Waals surface area contributed by atoms with E-state index in [2.05, 4.69) is 0 Å². The third-order valence-electron chi connectivity index (χ3n) is 6.30. The van der Waals surface area contributed by atoms with Gasteiger partial charge in [0.15, 0.2) is 0 Å². The first kappa shape index (κ1) is 23.5. The molecule has 1 saturated carbocycles. The van der Waals surface area contributed by atoms with E-state index < -0.39 is 5.97 Å². The first-order chi connectivity index (χ1) is 12.7. The van der Waals surface area contributed by atoms with Crippen LogP contribution in [0.1, 0.15) is 122 Å². The molecule has 1 aliphatic carbocycles. The standard InChI is InChI=1S/C23H45NO2/c24-20-22-18-16-21(17-19-22)14-12-10-8-6-4-2-1-3-5-7-9-11-13-15-23(25)26/h21-22H,1-20,24H2,(H,25,26). The van der Waals surface area contributed by atoms with Gasteiger partial charge >= 0.3 is 5.97 Å². The average Bonchev–Trinajstić information content (AvgIpc) is 2.65. The molecule has 26 heavy (non-hydrogen) atoms. The summed E-state index contributed by atoms with van der Waals surface area (Å²) in [5, 5.41) is 8.58. The zero-order valence-corrected chi connectivity index (χ0v) is 17.2. The third-order valence-corrected chi connectivity index (χ3v) is 6.30. The summed E-state index contributed by atoms with van der Waals surface area (Å²) in [6, 6.07) is 0. The summed E-state index contributed by atoms with van der Waals surface area (Å²) in [7, 11) is 0. The molecule has 0 aliphatic heterocycles. The van der Waals surface area contributed by atoms with Gasteiger partial charge in [0.1, 0.15) is 0 Å². The summed E-state index contributed by atoms with van der Waals surface area (Å²) in [6.07, 6.45) is 24.5. The van der Waals surface area contributed by atoms with E-state index in [9.17, 15) is 4.79 Å². The van der Waals surface area contributed by atoms with Crippen molar-refractivity contribution in [2.24, 2.45) is 17.6 Å². The molecule has 0 heterocycles. The second-order valence-electron chi connectivity index (χ2n) is 8.65. The first-order valence-electron chi connectivity index (χ1n) is 11.6. The van der Waals surface area contributed by atoms with Gasteiger partial charge in [0, 0.05) is 6.42 Å². The van der Waals surface area contributed by atoms with Crippen molar-refractivity contribution in [1.82, 2.24) is 0 Å². The van der Waals surface area contributed by atoms with Gasteiger partial charge in [-0.15, -0.1) is 0 Å². The topological polar surface area (TPSA) is 63.3 Å². The molecule has 0 saturated heterocycles. The monoisotopic (exact) mass is 367 g/mol.